The minimum absolute atomic E-state index is 0.144. The number of aryl methyl sites for hydroxylation is 9. The van der Waals surface area contributed by atoms with E-state index < -0.39 is 16.9 Å². The molecular formula is C91H98N16O12. The molecule has 0 bridgehead atoms. The van der Waals surface area contributed by atoms with Crippen molar-refractivity contribution in [1.82, 2.24) is 77.9 Å². The maximum absolute atomic E-state index is 12.8. The molecule has 614 valence electrons. The van der Waals surface area contributed by atoms with E-state index in [4.69, 9.17) is 37.4 Å². The number of aliphatic hydroxyl groups excluding tert-OH is 2. The number of benzene rings is 4. The quantitative estimate of drug-likeness (QED) is 0.0341. The van der Waals surface area contributed by atoms with Crippen molar-refractivity contribution in [1.29, 1.82) is 0 Å². The van der Waals surface area contributed by atoms with Gasteiger partial charge in [-0.15, -0.1) is 0 Å². The number of imidazole rings is 4. The maximum atomic E-state index is 12.8. The van der Waals surface area contributed by atoms with Gasteiger partial charge in [0.25, 0.3) is 0 Å². The van der Waals surface area contributed by atoms with Crippen LogP contribution in [0.2, 0.25) is 0 Å². The average Bonchev–Trinajstić information content (AvgIpc) is 1.68. The highest BCUT2D eigenvalue weighted by molar-refractivity contribution is 5.85. The van der Waals surface area contributed by atoms with Gasteiger partial charge in [-0.25, -0.2) is 39.1 Å². The third-order valence-electron chi connectivity index (χ3n) is 21.5. The standard InChI is InChI=1S/C24H24N4O3.C23H26N4O3.2C22H24N4O3/c1-15-11-28-12-21(26-23(28)10-25-15)20-8-18-3-2-17(9-22(18)31-24(20)29)16-4-6-27(7-5-16)19-13-30-14-19;1-15-13-27-14-20(25-22(27)16(2)24-15)19-12-18-7-6-17(11-21(18)30-23(19)29)5-4-8-26(3)9-10-28;1-13(2)23-7-8-28-17-6-5-16-9-18(22(27)29-20(16)10-17)19-12-26-11-14(3)24-15(4)21(26)25-19;1-14-12-26-13-19(25-21(26)15(2)24-14)18-11-17-6-5-16(4-3-7-23-8-9-27)10-20(17)29-22(18)28/h2-3,8-12,16,19H,4-7,13-14H2,1H3;6-7,11-14,28H,4-5,8-10H2,1-3H3;5-6,9-13,23H,7-8H2,1-4H3;5-6,10-13,23,27H,3-4,7-9H2,1-2H3. The Labute approximate surface area is 684 Å². The van der Waals surface area contributed by atoms with E-state index in [0.29, 0.717) is 116 Å². The van der Waals surface area contributed by atoms with Crippen molar-refractivity contribution in [2.45, 2.75) is 119 Å². The predicted octanol–water partition coefficient (Wildman–Crippen LogP) is 12.5. The van der Waals surface area contributed by atoms with Crippen molar-refractivity contribution in [2.75, 3.05) is 85.9 Å². The van der Waals surface area contributed by atoms with E-state index >= 15 is 0 Å². The number of piperidine rings is 1. The monoisotopic (exact) mass is 1610 g/mol. The Kier molecular flexibility index (Phi) is 25.0. The van der Waals surface area contributed by atoms with Gasteiger partial charge in [-0.1, -0.05) is 50.2 Å². The molecule has 0 aliphatic carbocycles. The second-order valence-electron chi connectivity index (χ2n) is 31.1. The Balaban J connectivity index is 0.000000124. The van der Waals surface area contributed by atoms with Crippen molar-refractivity contribution >= 4 is 66.5 Å². The molecule has 0 amide bonds. The number of fused-ring (bicyclic) bond motifs is 8. The summed E-state index contributed by atoms with van der Waals surface area (Å²) in [4.78, 5) is 91.2. The van der Waals surface area contributed by atoms with Crippen LogP contribution in [-0.2, 0) is 17.6 Å². The molecule has 0 saturated carbocycles. The van der Waals surface area contributed by atoms with Crippen LogP contribution in [0.15, 0.2) is 190 Å². The number of likely N-dealkylation sites (tertiary alicyclic amines) is 1. The highest BCUT2D eigenvalue weighted by Crippen LogP contribution is 2.34. The minimum Gasteiger partial charge on any atom is -0.492 e. The van der Waals surface area contributed by atoms with Gasteiger partial charge in [-0.2, -0.15) is 0 Å². The molecule has 119 heavy (non-hydrogen) atoms. The molecule has 0 radical (unpaired) electrons. The number of ether oxygens (including phenoxy) is 2. The summed E-state index contributed by atoms with van der Waals surface area (Å²) in [7, 11) is 2.00. The lowest BCUT2D eigenvalue weighted by atomic mass is 9.88. The molecule has 28 nitrogen and oxygen atoms in total. The second kappa shape index (κ2) is 36.3. The van der Waals surface area contributed by atoms with Crippen molar-refractivity contribution in [3.63, 3.8) is 0 Å². The molecule has 0 unspecified atom stereocenters. The fourth-order valence-electron chi connectivity index (χ4n) is 15.3. The Bertz CT molecular complexity index is 6640. The Morgan fingerprint density at radius 2 is 0.941 bits per heavy atom. The van der Waals surface area contributed by atoms with Crippen molar-refractivity contribution in [3.05, 3.63) is 251 Å². The highest BCUT2D eigenvalue weighted by Gasteiger charge is 2.31. The van der Waals surface area contributed by atoms with Gasteiger partial charge < -0.3 is 70.5 Å². The van der Waals surface area contributed by atoms with Gasteiger partial charge >= 0.3 is 22.5 Å². The van der Waals surface area contributed by atoms with Crippen LogP contribution in [0.5, 0.6) is 5.75 Å². The van der Waals surface area contributed by atoms with Crippen molar-refractivity contribution < 1.29 is 37.4 Å². The van der Waals surface area contributed by atoms with Crippen molar-refractivity contribution in [2.24, 2.45) is 0 Å². The largest absolute Gasteiger partial charge is 0.492 e. The molecular weight excluding hydrogens is 1510 g/mol. The van der Waals surface area contributed by atoms with Gasteiger partial charge in [0.05, 0.1) is 124 Å². The molecule has 2 fully saturated rings. The maximum Gasteiger partial charge on any atom is 0.345 e. The number of nitrogens with one attached hydrogen (secondary N) is 2. The molecule has 0 spiro atoms. The third kappa shape index (κ3) is 19.1. The molecule has 28 heteroatoms. The van der Waals surface area contributed by atoms with Gasteiger partial charge in [-0.05, 0) is 197 Å². The first-order valence-electron chi connectivity index (χ1n) is 40.4. The van der Waals surface area contributed by atoms with E-state index in [1.54, 1.807) is 12.3 Å². The van der Waals surface area contributed by atoms with Crippen LogP contribution in [0.1, 0.15) is 102 Å². The van der Waals surface area contributed by atoms with Crippen LogP contribution in [-0.4, -0.2) is 175 Å². The number of hydrogen-bond donors (Lipinski definition) is 4. The molecule has 18 rings (SSSR count). The zero-order valence-corrected chi connectivity index (χ0v) is 68.6. The molecule has 14 heterocycles. The van der Waals surface area contributed by atoms with Gasteiger partial charge in [-0.3, -0.25) is 24.8 Å². The lowest BCUT2D eigenvalue weighted by Crippen LogP contribution is -2.51. The van der Waals surface area contributed by atoms with Crippen LogP contribution in [0.4, 0.5) is 0 Å². The number of aliphatic hydroxyl groups is 2. The molecule has 2 saturated heterocycles. The van der Waals surface area contributed by atoms with E-state index in [9.17, 15) is 19.2 Å². The lowest BCUT2D eigenvalue weighted by molar-refractivity contribution is -0.0712. The topological polar surface area (TPSA) is 331 Å². The highest BCUT2D eigenvalue weighted by atomic mass is 16.5. The normalized spacial score (nSPS) is 13.5. The van der Waals surface area contributed by atoms with Crippen molar-refractivity contribution in [3.8, 4) is 50.8 Å². The van der Waals surface area contributed by atoms with E-state index in [1.165, 1.54) is 5.56 Å². The average molecular weight is 1610 g/mol. The van der Waals surface area contributed by atoms with Crippen LogP contribution in [0, 0.1) is 48.5 Å². The summed E-state index contributed by atoms with van der Waals surface area (Å²) in [6, 6.07) is 32.1. The van der Waals surface area contributed by atoms with E-state index in [1.807, 2.05) is 189 Å². The summed E-state index contributed by atoms with van der Waals surface area (Å²) in [5.41, 5.74) is 17.2. The third-order valence-corrected chi connectivity index (χ3v) is 21.5. The van der Waals surface area contributed by atoms with Gasteiger partial charge in [0.15, 0.2) is 22.6 Å². The lowest BCUT2D eigenvalue weighted by Gasteiger charge is -2.41. The van der Waals surface area contributed by atoms with Gasteiger partial charge in [0.1, 0.15) is 34.7 Å². The molecule has 2 aliphatic rings. The number of rotatable bonds is 23. The number of aromatic nitrogens is 12. The number of likely N-dealkylation sites (N-methyl/N-ethyl adjacent to an activating group) is 1. The molecule has 0 atom stereocenters. The first kappa shape index (κ1) is 81.8. The predicted molar refractivity (Wildman–Crippen MR) is 459 cm³/mol. The second-order valence-corrected chi connectivity index (χ2v) is 31.1. The zero-order chi connectivity index (χ0) is 83.1. The number of nitrogens with zero attached hydrogens (tertiary/aromatic N) is 14. The first-order chi connectivity index (χ1) is 57.5. The summed E-state index contributed by atoms with van der Waals surface area (Å²) in [6.45, 7) is 26.2. The van der Waals surface area contributed by atoms with Crippen LogP contribution < -0.4 is 37.9 Å². The summed E-state index contributed by atoms with van der Waals surface area (Å²) in [6.07, 6.45) is 22.5. The Morgan fingerprint density at radius 3 is 1.42 bits per heavy atom. The first-order valence-corrected chi connectivity index (χ1v) is 40.4. The molecule has 4 N–H and O–H groups in total. The van der Waals surface area contributed by atoms with Gasteiger partial charge in [0.2, 0.25) is 0 Å². The van der Waals surface area contributed by atoms with E-state index in [-0.39, 0.29) is 18.8 Å². The SMILES string of the molecule is Cc1cn2cc(-c3cc4ccc(C5CCN(C6COC6)CC5)cc4oc3=O)nc2cn1.Cc1cn2cc(-c3cc4ccc(CCCN(C)CCO)cc4oc3=O)nc2c(C)n1.Cc1cn2cc(-c3cc4ccc(CCCNCCO)cc4oc3=O)nc2c(C)n1.Cc1cn2cc(-c3cc4ccc(OCCNC(C)C)cc4oc3=O)nc2c(C)n1. The smallest absolute Gasteiger partial charge is 0.345 e. The summed E-state index contributed by atoms with van der Waals surface area (Å²) < 4.78 is 41.2. The van der Waals surface area contributed by atoms with E-state index in [2.05, 4.69) is 98.4 Å². The molecule has 12 aromatic heterocycles. The Morgan fingerprint density at radius 1 is 0.487 bits per heavy atom. The number of hydrogen-bond acceptors (Lipinski definition) is 24. The minimum atomic E-state index is -0.429. The zero-order valence-electron chi connectivity index (χ0n) is 68.6. The molecule has 2 aliphatic heterocycles. The summed E-state index contributed by atoms with van der Waals surface area (Å²) in [5.74, 6) is 1.17. The van der Waals surface area contributed by atoms with Gasteiger partial charge in [0, 0.05) is 103 Å². The summed E-state index contributed by atoms with van der Waals surface area (Å²) in [5, 5.41) is 27.7. The molecule has 16 aromatic rings. The molecule has 4 aromatic carbocycles. The summed E-state index contributed by atoms with van der Waals surface area (Å²) >= 11 is 0. The van der Waals surface area contributed by atoms with Crippen LogP contribution in [0.3, 0.4) is 0 Å². The fraction of sp³-hybridized carbons (Fsp3) is 0.341. The van der Waals surface area contributed by atoms with Crippen LogP contribution in [0.25, 0.3) is 111 Å². The van der Waals surface area contributed by atoms with Crippen LogP contribution >= 0.6 is 0 Å². The Hall–Kier alpha value is -12.3. The van der Waals surface area contributed by atoms with E-state index in [0.717, 1.165) is 174 Å². The fourth-order valence-corrected chi connectivity index (χ4v) is 15.3.